The highest BCUT2D eigenvalue weighted by Gasteiger charge is 2.32. The van der Waals surface area contributed by atoms with E-state index in [0.717, 1.165) is 12.0 Å². The molecule has 1 atom stereocenters. The van der Waals surface area contributed by atoms with Crippen LogP contribution in [0.15, 0.2) is 47.1 Å². The third-order valence-electron chi connectivity index (χ3n) is 3.76. The first-order valence-electron chi connectivity index (χ1n) is 6.78. The summed E-state index contributed by atoms with van der Waals surface area (Å²) in [6, 6.07) is 10.7. The summed E-state index contributed by atoms with van der Waals surface area (Å²) in [5, 5.41) is 0.703. The predicted octanol–water partition coefficient (Wildman–Crippen LogP) is 3.13. The topological polar surface area (TPSA) is 50.5 Å². The van der Waals surface area contributed by atoms with Gasteiger partial charge in [0.15, 0.2) is 5.76 Å². The number of likely N-dealkylation sites (tertiary alicyclic amines) is 1. The van der Waals surface area contributed by atoms with Crippen LogP contribution in [0.1, 0.15) is 28.5 Å². The molecule has 1 amide bonds. The number of hydrogen-bond acceptors (Lipinski definition) is 3. The minimum Gasteiger partial charge on any atom is -0.461 e. The van der Waals surface area contributed by atoms with Gasteiger partial charge < -0.3 is 9.32 Å². The Balaban J connectivity index is 1.71. The molecule has 0 aliphatic carbocycles. The van der Waals surface area contributed by atoms with Crippen molar-refractivity contribution in [3.8, 4) is 0 Å². The number of amides is 1. The van der Waals surface area contributed by atoms with E-state index in [1.54, 1.807) is 11.0 Å². The molecular weight excluding hydrogens is 290 g/mol. The van der Waals surface area contributed by atoms with Gasteiger partial charge in [-0.1, -0.05) is 29.8 Å². The van der Waals surface area contributed by atoms with Crippen LogP contribution < -0.4 is 0 Å². The van der Waals surface area contributed by atoms with Gasteiger partial charge in [-0.3, -0.25) is 9.59 Å². The number of benzene rings is 1. The maximum absolute atomic E-state index is 12.2. The number of furan rings is 1. The normalized spacial score (nSPS) is 18.0. The molecule has 1 unspecified atom stereocenters. The molecule has 21 heavy (non-hydrogen) atoms. The maximum atomic E-state index is 12.2. The summed E-state index contributed by atoms with van der Waals surface area (Å²) in [5.74, 6) is -0.854. The van der Waals surface area contributed by atoms with E-state index in [9.17, 15) is 9.59 Å². The van der Waals surface area contributed by atoms with Gasteiger partial charge in [0.2, 0.25) is 0 Å². The molecule has 1 aliphatic rings. The lowest BCUT2D eigenvalue weighted by molar-refractivity contribution is -0.125. The third kappa shape index (κ3) is 2.72. The van der Waals surface area contributed by atoms with Crippen molar-refractivity contribution in [3.63, 3.8) is 0 Å². The standard InChI is InChI=1S/C16H14ClNO3/c17-13-5-2-1-4-12(13)11-7-8-18(10-11)16(20)15(19)14-6-3-9-21-14/h1-6,9,11H,7-8,10H2. The fraction of sp³-hybridized carbons (Fsp3) is 0.250. The molecule has 2 aromatic rings. The minimum absolute atomic E-state index is 0.0844. The molecule has 5 heteroatoms. The molecule has 2 heterocycles. The van der Waals surface area contributed by atoms with Crippen LogP contribution in [0.2, 0.25) is 5.02 Å². The van der Waals surface area contributed by atoms with Crippen molar-refractivity contribution < 1.29 is 14.0 Å². The van der Waals surface area contributed by atoms with Crippen LogP contribution in [0.4, 0.5) is 0 Å². The monoisotopic (exact) mass is 303 g/mol. The first-order chi connectivity index (χ1) is 10.2. The van der Waals surface area contributed by atoms with Crippen LogP contribution >= 0.6 is 11.6 Å². The van der Waals surface area contributed by atoms with Crippen LogP contribution in [0.3, 0.4) is 0 Å². The molecule has 1 aliphatic heterocycles. The van der Waals surface area contributed by atoms with Crippen molar-refractivity contribution in [1.29, 1.82) is 0 Å². The van der Waals surface area contributed by atoms with Gasteiger partial charge >= 0.3 is 0 Å². The van der Waals surface area contributed by atoms with E-state index < -0.39 is 11.7 Å². The van der Waals surface area contributed by atoms with Crippen molar-refractivity contribution in [2.45, 2.75) is 12.3 Å². The Bertz CT molecular complexity index is 666. The number of rotatable bonds is 3. The molecule has 3 rings (SSSR count). The molecular formula is C16H14ClNO3. The Labute approximate surface area is 127 Å². The van der Waals surface area contributed by atoms with Gasteiger partial charge in [-0.2, -0.15) is 0 Å². The van der Waals surface area contributed by atoms with Crippen molar-refractivity contribution in [2.24, 2.45) is 0 Å². The lowest BCUT2D eigenvalue weighted by atomic mass is 9.98. The predicted molar refractivity (Wildman–Crippen MR) is 78.4 cm³/mol. The van der Waals surface area contributed by atoms with Gasteiger partial charge in [0.05, 0.1) is 6.26 Å². The number of hydrogen-bond donors (Lipinski definition) is 0. The highest BCUT2D eigenvalue weighted by Crippen LogP contribution is 2.32. The van der Waals surface area contributed by atoms with Gasteiger partial charge in [0.1, 0.15) is 0 Å². The van der Waals surface area contributed by atoms with Gasteiger partial charge in [0.25, 0.3) is 11.7 Å². The fourth-order valence-electron chi connectivity index (χ4n) is 2.66. The molecule has 1 saturated heterocycles. The van der Waals surface area contributed by atoms with Gasteiger partial charge in [0, 0.05) is 24.0 Å². The van der Waals surface area contributed by atoms with E-state index in [4.69, 9.17) is 16.0 Å². The van der Waals surface area contributed by atoms with Crippen LogP contribution in [-0.4, -0.2) is 29.7 Å². The smallest absolute Gasteiger partial charge is 0.298 e. The Morgan fingerprint density at radius 1 is 1.19 bits per heavy atom. The van der Waals surface area contributed by atoms with Crippen LogP contribution in [-0.2, 0) is 4.79 Å². The van der Waals surface area contributed by atoms with Crippen molar-refractivity contribution in [2.75, 3.05) is 13.1 Å². The number of Topliss-reactive ketones (excluding diaryl/α,β-unsaturated/α-hetero) is 1. The number of ketones is 1. The summed E-state index contributed by atoms with van der Waals surface area (Å²) >= 11 is 6.19. The summed E-state index contributed by atoms with van der Waals surface area (Å²) in [6.07, 6.45) is 2.19. The maximum Gasteiger partial charge on any atom is 0.298 e. The average Bonchev–Trinajstić information content (AvgIpc) is 3.17. The van der Waals surface area contributed by atoms with E-state index in [2.05, 4.69) is 0 Å². The highest BCUT2D eigenvalue weighted by atomic mass is 35.5. The van der Waals surface area contributed by atoms with Crippen molar-refractivity contribution >= 4 is 23.3 Å². The minimum atomic E-state index is -0.597. The zero-order chi connectivity index (χ0) is 14.8. The lowest BCUT2D eigenvalue weighted by Crippen LogP contribution is -2.34. The molecule has 0 bridgehead atoms. The van der Waals surface area contributed by atoms with Gasteiger partial charge in [-0.05, 0) is 30.2 Å². The molecule has 0 radical (unpaired) electrons. The molecule has 108 valence electrons. The zero-order valence-electron chi connectivity index (χ0n) is 11.3. The number of carbonyl (C=O) groups excluding carboxylic acids is 2. The molecule has 1 aromatic heterocycles. The summed E-state index contributed by atoms with van der Waals surface area (Å²) in [6.45, 7) is 1.07. The fourth-order valence-corrected chi connectivity index (χ4v) is 2.95. The third-order valence-corrected chi connectivity index (χ3v) is 4.10. The van der Waals surface area contributed by atoms with E-state index in [1.165, 1.54) is 12.3 Å². The van der Waals surface area contributed by atoms with Gasteiger partial charge in [-0.15, -0.1) is 0 Å². The van der Waals surface area contributed by atoms with Crippen LogP contribution in [0.25, 0.3) is 0 Å². The number of halogens is 1. The van der Waals surface area contributed by atoms with Crippen molar-refractivity contribution in [1.82, 2.24) is 4.90 Å². The van der Waals surface area contributed by atoms with E-state index in [-0.39, 0.29) is 11.7 Å². The molecule has 0 spiro atoms. The summed E-state index contributed by atoms with van der Waals surface area (Å²) in [4.78, 5) is 25.7. The zero-order valence-corrected chi connectivity index (χ0v) is 12.0. The Morgan fingerprint density at radius 3 is 2.71 bits per heavy atom. The summed E-state index contributed by atoms with van der Waals surface area (Å²) in [7, 11) is 0. The SMILES string of the molecule is O=C(C(=O)N1CCC(c2ccccc2Cl)C1)c1ccco1. The van der Waals surface area contributed by atoms with E-state index in [0.29, 0.717) is 18.1 Å². The van der Waals surface area contributed by atoms with Gasteiger partial charge in [-0.25, -0.2) is 0 Å². The molecule has 0 saturated carbocycles. The summed E-state index contributed by atoms with van der Waals surface area (Å²) < 4.78 is 4.99. The lowest BCUT2D eigenvalue weighted by Gasteiger charge is -2.15. The number of nitrogens with zero attached hydrogens (tertiary/aromatic N) is 1. The van der Waals surface area contributed by atoms with Crippen LogP contribution in [0, 0.1) is 0 Å². The average molecular weight is 304 g/mol. The number of carbonyl (C=O) groups is 2. The largest absolute Gasteiger partial charge is 0.461 e. The molecule has 1 aromatic carbocycles. The first kappa shape index (κ1) is 13.9. The van der Waals surface area contributed by atoms with E-state index >= 15 is 0 Å². The van der Waals surface area contributed by atoms with Crippen LogP contribution in [0.5, 0.6) is 0 Å². The Kier molecular flexibility index (Phi) is 3.80. The molecule has 1 fully saturated rings. The Morgan fingerprint density at radius 2 is 2.00 bits per heavy atom. The second kappa shape index (κ2) is 5.74. The quantitative estimate of drug-likeness (QED) is 0.646. The second-order valence-electron chi connectivity index (χ2n) is 5.06. The first-order valence-corrected chi connectivity index (χ1v) is 7.16. The molecule has 0 N–H and O–H groups in total. The molecule has 4 nitrogen and oxygen atoms in total. The van der Waals surface area contributed by atoms with Crippen molar-refractivity contribution in [3.05, 3.63) is 59.0 Å². The van der Waals surface area contributed by atoms with E-state index in [1.807, 2.05) is 24.3 Å². The Hall–Kier alpha value is -2.07. The summed E-state index contributed by atoms with van der Waals surface area (Å²) in [5.41, 5.74) is 1.03. The second-order valence-corrected chi connectivity index (χ2v) is 5.47. The highest BCUT2D eigenvalue weighted by molar-refractivity contribution is 6.42.